The number of primary amides is 2. The Morgan fingerprint density at radius 3 is 2.27 bits per heavy atom. The maximum atomic E-state index is 11.3. The minimum Gasteiger partial charge on any atom is -0.368 e. The lowest BCUT2D eigenvalue weighted by atomic mass is 9.80. The topological polar surface area (TPSA) is 108 Å². The van der Waals surface area contributed by atoms with Crippen molar-refractivity contribution in [2.24, 2.45) is 22.5 Å². The Morgan fingerprint density at radius 1 is 1.40 bits per heavy atom. The lowest BCUT2D eigenvalue weighted by molar-refractivity contribution is -0.157. The van der Waals surface area contributed by atoms with E-state index in [4.69, 9.17) is 16.3 Å². The zero-order chi connectivity index (χ0) is 11.6. The molecule has 0 spiro atoms. The van der Waals surface area contributed by atoms with E-state index in [1.165, 1.54) is 0 Å². The molecule has 2 amide bonds. The van der Waals surface area contributed by atoms with Crippen molar-refractivity contribution in [2.45, 2.75) is 32.3 Å². The van der Waals surface area contributed by atoms with Crippen LogP contribution in [0.15, 0.2) is 5.16 Å². The Hall–Kier alpha value is -1.59. The molecule has 0 aliphatic carbocycles. The maximum absolute atomic E-state index is 11.3. The number of nitrogens with zero attached hydrogens (tertiary/aromatic N) is 1. The predicted molar refractivity (Wildman–Crippen MR) is 53.7 cm³/mol. The molecular formula is C9H15N3O3. The number of rotatable bonds is 4. The second kappa shape index (κ2) is 3.88. The first kappa shape index (κ1) is 11.5. The third-order valence-electron chi connectivity index (χ3n) is 2.70. The number of oxime groups is 1. The normalized spacial score (nSPS) is 23.1. The first-order valence-electron chi connectivity index (χ1n) is 4.85. The van der Waals surface area contributed by atoms with Gasteiger partial charge in [0.2, 0.25) is 0 Å². The molecule has 1 atom stereocenters. The molecule has 1 aliphatic rings. The van der Waals surface area contributed by atoms with Gasteiger partial charge >= 0.3 is 0 Å². The number of hydrogen-bond donors (Lipinski definition) is 2. The van der Waals surface area contributed by atoms with E-state index in [-0.39, 0.29) is 0 Å². The molecule has 84 valence electrons. The molecule has 1 rings (SSSR count). The summed E-state index contributed by atoms with van der Waals surface area (Å²) in [5.41, 5.74) is 9.21. The van der Waals surface area contributed by atoms with Crippen LogP contribution in [0, 0.1) is 5.92 Å². The molecule has 0 aromatic carbocycles. The molecule has 0 aromatic rings. The van der Waals surface area contributed by atoms with E-state index in [2.05, 4.69) is 5.16 Å². The Kier molecular flexibility index (Phi) is 2.97. The molecule has 1 aliphatic heterocycles. The SMILES string of the molecule is CCC1=NOC(C(N)=O)(C(N)=O)C1CC. The van der Waals surface area contributed by atoms with Crippen LogP contribution in [0.1, 0.15) is 26.7 Å². The van der Waals surface area contributed by atoms with Gasteiger partial charge in [0.1, 0.15) is 0 Å². The highest BCUT2D eigenvalue weighted by atomic mass is 16.7. The van der Waals surface area contributed by atoms with Crippen LogP contribution in [-0.4, -0.2) is 23.1 Å². The first-order chi connectivity index (χ1) is 7.00. The quantitative estimate of drug-likeness (QED) is 0.615. The smallest absolute Gasteiger partial charge is 0.299 e. The van der Waals surface area contributed by atoms with Crippen molar-refractivity contribution in [1.29, 1.82) is 0 Å². The summed E-state index contributed by atoms with van der Waals surface area (Å²) < 4.78 is 0. The van der Waals surface area contributed by atoms with E-state index < -0.39 is 23.3 Å². The van der Waals surface area contributed by atoms with Crippen molar-refractivity contribution >= 4 is 17.5 Å². The van der Waals surface area contributed by atoms with Crippen LogP contribution in [0.4, 0.5) is 0 Å². The number of hydrogen-bond acceptors (Lipinski definition) is 4. The van der Waals surface area contributed by atoms with Crippen LogP contribution in [0.5, 0.6) is 0 Å². The van der Waals surface area contributed by atoms with Crippen LogP contribution in [0.3, 0.4) is 0 Å². The fourth-order valence-electron chi connectivity index (χ4n) is 1.88. The van der Waals surface area contributed by atoms with Crippen LogP contribution in [0.25, 0.3) is 0 Å². The van der Waals surface area contributed by atoms with E-state index in [1.54, 1.807) is 0 Å². The molecule has 0 fully saturated rings. The van der Waals surface area contributed by atoms with Gasteiger partial charge in [0.15, 0.2) is 0 Å². The molecule has 1 unspecified atom stereocenters. The third kappa shape index (κ3) is 1.45. The molecule has 6 heteroatoms. The van der Waals surface area contributed by atoms with Gasteiger partial charge in [0.25, 0.3) is 17.4 Å². The summed E-state index contributed by atoms with van der Waals surface area (Å²) in [4.78, 5) is 27.5. The van der Waals surface area contributed by atoms with Gasteiger partial charge in [-0.1, -0.05) is 19.0 Å². The highest BCUT2D eigenvalue weighted by Gasteiger charge is 2.57. The lowest BCUT2D eigenvalue weighted by Gasteiger charge is -2.25. The second-order valence-corrected chi connectivity index (χ2v) is 3.45. The van der Waals surface area contributed by atoms with E-state index in [1.807, 2.05) is 13.8 Å². The van der Waals surface area contributed by atoms with Crippen molar-refractivity contribution in [3.05, 3.63) is 0 Å². The molecule has 0 radical (unpaired) electrons. The van der Waals surface area contributed by atoms with Gasteiger partial charge in [-0.3, -0.25) is 9.59 Å². The summed E-state index contributed by atoms with van der Waals surface area (Å²) in [6.07, 6.45) is 1.12. The van der Waals surface area contributed by atoms with E-state index in [9.17, 15) is 9.59 Å². The molecule has 0 saturated carbocycles. The van der Waals surface area contributed by atoms with Crippen molar-refractivity contribution < 1.29 is 14.4 Å². The van der Waals surface area contributed by atoms with Gasteiger partial charge in [0.05, 0.1) is 11.6 Å². The van der Waals surface area contributed by atoms with Crippen LogP contribution in [-0.2, 0) is 14.4 Å². The summed E-state index contributed by atoms with van der Waals surface area (Å²) in [7, 11) is 0. The first-order valence-corrected chi connectivity index (χ1v) is 4.85. The zero-order valence-corrected chi connectivity index (χ0v) is 8.82. The maximum Gasteiger partial charge on any atom is 0.299 e. The molecule has 0 saturated heterocycles. The van der Waals surface area contributed by atoms with Crippen LogP contribution < -0.4 is 11.5 Å². The van der Waals surface area contributed by atoms with Gasteiger partial charge in [-0.2, -0.15) is 0 Å². The fourth-order valence-corrected chi connectivity index (χ4v) is 1.88. The standard InChI is InChI=1S/C9H15N3O3/c1-3-5-6(4-2)12-15-9(5,7(10)13)8(11)14/h5H,3-4H2,1-2H3,(H2,10,13)(H2,11,14). The van der Waals surface area contributed by atoms with Crippen molar-refractivity contribution in [3.63, 3.8) is 0 Å². The predicted octanol–water partition coefficient (Wildman–Crippen LogP) is -0.482. The van der Waals surface area contributed by atoms with Crippen molar-refractivity contribution in [1.82, 2.24) is 0 Å². The molecular weight excluding hydrogens is 198 g/mol. The van der Waals surface area contributed by atoms with Crippen LogP contribution >= 0.6 is 0 Å². The van der Waals surface area contributed by atoms with E-state index in [0.717, 1.165) is 0 Å². The molecule has 4 N–H and O–H groups in total. The van der Waals surface area contributed by atoms with Crippen molar-refractivity contribution in [2.75, 3.05) is 0 Å². The Balaban J connectivity index is 3.14. The molecule has 0 bridgehead atoms. The zero-order valence-electron chi connectivity index (χ0n) is 8.82. The lowest BCUT2D eigenvalue weighted by Crippen LogP contribution is -2.59. The van der Waals surface area contributed by atoms with Gasteiger partial charge in [-0.05, 0) is 12.8 Å². The number of carbonyl (C=O) groups is 2. The number of carbonyl (C=O) groups excluding carboxylic acids is 2. The summed E-state index contributed by atoms with van der Waals surface area (Å²) >= 11 is 0. The average Bonchev–Trinajstić information content (AvgIpc) is 2.56. The summed E-state index contributed by atoms with van der Waals surface area (Å²) in [5, 5.41) is 3.72. The van der Waals surface area contributed by atoms with Gasteiger partial charge in [-0.25, -0.2) is 0 Å². The van der Waals surface area contributed by atoms with Gasteiger partial charge in [0, 0.05) is 0 Å². The molecule has 1 heterocycles. The van der Waals surface area contributed by atoms with E-state index in [0.29, 0.717) is 18.6 Å². The minimum absolute atomic E-state index is 0.447. The summed E-state index contributed by atoms with van der Waals surface area (Å²) in [6, 6.07) is 0. The average molecular weight is 213 g/mol. The summed E-state index contributed by atoms with van der Waals surface area (Å²) in [6.45, 7) is 3.69. The molecule has 6 nitrogen and oxygen atoms in total. The minimum atomic E-state index is -1.79. The highest BCUT2D eigenvalue weighted by Crippen LogP contribution is 2.33. The molecule has 0 aromatic heterocycles. The number of nitrogens with two attached hydrogens (primary N) is 2. The second-order valence-electron chi connectivity index (χ2n) is 3.45. The Bertz CT molecular complexity index is 311. The monoisotopic (exact) mass is 213 g/mol. The Labute approximate surface area is 87.6 Å². The largest absolute Gasteiger partial charge is 0.368 e. The van der Waals surface area contributed by atoms with Gasteiger partial charge < -0.3 is 16.3 Å². The van der Waals surface area contributed by atoms with Crippen LogP contribution in [0.2, 0.25) is 0 Å². The highest BCUT2D eigenvalue weighted by molar-refractivity contribution is 6.13. The molecule has 15 heavy (non-hydrogen) atoms. The number of amides is 2. The van der Waals surface area contributed by atoms with E-state index >= 15 is 0 Å². The van der Waals surface area contributed by atoms with Gasteiger partial charge in [-0.15, -0.1) is 0 Å². The summed E-state index contributed by atoms with van der Waals surface area (Å²) in [5.74, 6) is -2.21. The van der Waals surface area contributed by atoms with Crippen molar-refractivity contribution in [3.8, 4) is 0 Å². The Morgan fingerprint density at radius 2 is 1.93 bits per heavy atom. The fraction of sp³-hybridized carbons (Fsp3) is 0.667. The third-order valence-corrected chi connectivity index (χ3v) is 2.70.